The molecule has 0 aliphatic rings. The third-order valence-corrected chi connectivity index (χ3v) is 2.73. The van der Waals surface area contributed by atoms with Crippen LogP contribution in [0.4, 0.5) is 5.69 Å². The Morgan fingerprint density at radius 2 is 2.00 bits per heavy atom. The highest BCUT2D eigenvalue weighted by Crippen LogP contribution is 2.15. The van der Waals surface area contributed by atoms with Crippen LogP contribution < -0.4 is 5.73 Å². The summed E-state index contributed by atoms with van der Waals surface area (Å²) in [5, 5.41) is 0. The molecule has 0 bridgehead atoms. The molecule has 4 nitrogen and oxygen atoms in total. The Morgan fingerprint density at radius 3 is 2.61 bits per heavy atom. The molecule has 0 spiro atoms. The highest BCUT2D eigenvalue weighted by molar-refractivity contribution is 5.98. The van der Waals surface area contributed by atoms with Gasteiger partial charge in [0.25, 0.3) is 5.91 Å². The molecule has 94 valence electrons. The first-order chi connectivity index (χ1) is 8.58. The predicted molar refractivity (Wildman–Crippen MR) is 70.1 cm³/mol. The number of nitrogens with zero attached hydrogens (tertiary/aromatic N) is 1. The van der Waals surface area contributed by atoms with Crippen LogP contribution in [0.15, 0.2) is 40.8 Å². The Morgan fingerprint density at radius 1 is 1.28 bits per heavy atom. The topological polar surface area (TPSA) is 59.5 Å². The molecule has 0 aliphatic carbocycles. The Bertz CT molecular complexity index is 560. The van der Waals surface area contributed by atoms with E-state index in [1.165, 1.54) is 0 Å². The van der Waals surface area contributed by atoms with Gasteiger partial charge in [0.1, 0.15) is 11.5 Å². The third kappa shape index (κ3) is 2.53. The van der Waals surface area contributed by atoms with Crippen LogP contribution in [-0.2, 0) is 6.54 Å². The average Bonchev–Trinajstić information content (AvgIpc) is 2.74. The first-order valence-electron chi connectivity index (χ1n) is 5.73. The van der Waals surface area contributed by atoms with E-state index in [0.29, 0.717) is 17.8 Å². The Kier molecular flexibility index (Phi) is 3.37. The molecule has 1 amide bonds. The smallest absolute Gasteiger partial charge is 0.256 e. The number of anilines is 1. The van der Waals surface area contributed by atoms with E-state index >= 15 is 0 Å². The van der Waals surface area contributed by atoms with Gasteiger partial charge in [0.2, 0.25) is 0 Å². The molecule has 1 aromatic heterocycles. The van der Waals surface area contributed by atoms with Crippen LogP contribution in [0.2, 0.25) is 0 Å². The molecule has 18 heavy (non-hydrogen) atoms. The quantitative estimate of drug-likeness (QED) is 0.844. The van der Waals surface area contributed by atoms with Gasteiger partial charge >= 0.3 is 0 Å². The second-order valence-electron chi connectivity index (χ2n) is 4.26. The van der Waals surface area contributed by atoms with E-state index in [9.17, 15) is 4.79 Å². The van der Waals surface area contributed by atoms with Crippen molar-refractivity contribution in [1.82, 2.24) is 4.90 Å². The number of aryl methyl sites for hydroxylation is 1. The van der Waals surface area contributed by atoms with Crippen molar-refractivity contribution in [3.63, 3.8) is 0 Å². The van der Waals surface area contributed by atoms with Gasteiger partial charge in [-0.1, -0.05) is 12.1 Å². The first kappa shape index (κ1) is 12.2. The van der Waals surface area contributed by atoms with Gasteiger partial charge in [-0.05, 0) is 31.2 Å². The van der Waals surface area contributed by atoms with Gasteiger partial charge in [0, 0.05) is 12.7 Å². The van der Waals surface area contributed by atoms with E-state index in [1.54, 1.807) is 30.1 Å². The van der Waals surface area contributed by atoms with Crippen LogP contribution in [0.25, 0.3) is 0 Å². The second-order valence-corrected chi connectivity index (χ2v) is 4.26. The number of rotatable bonds is 3. The Balaban J connectivity index is 2.12. The summed E-state index contributed by atoms with van der Waals surface area (Å²) >= 11 is 0. The highest BCUT2D eigenvalue weighted by atomic mass is 16.3. The van der Waals surface area contributed by atoms with Crippen molar-refractivity contribution >= 4 is 11.6 Å². The number of furan rings is 1. The van der Waals surface area contributed by atoms with Crippen LogP contribution in [-0.4, -0.2) is 17.9 Å². The molecule has 1 heterocycles. The van der Waals surface area contributed by atoms with Crippen molar-refractivity contribution in [3.8, 4) is 0 Å². The molecular weight excluding hydrogens is 228 g/mol. The van der Waals surface area contributed by atoms with Crippen LogP contribution in [0.5, 0.6) is 0 Å². The summed E-state index contributed by atoms with van der Waals surface area (Å²) in [6.45, 7) is 2.31. The fraction of sp³-hybridized carbons (Fsp3) is 0.214. The van der Waals surface area contributed by atoms with Crippen LogP contribution in [0.3, 0.4) is 0 Å². The fourth-order valence-electron chi connectivity index (χ4n) is 1.77. The van der Waals surface area contributed by atoms with Crippen molar-refractivity contribution < 1.29 is 9.21 Å². The number of carbonyl (C=O) groups is 1. The average molecular weight is 244 g/mol. The first-order valence-corrected chi connectivity index (χ1v) is 5.73. The van der Waals surface area contributed by atoms with E-state index in [-0.39, 0.29) is 5.91 Å². The molecule has 0 saturated carbocycles. The molecule has 0 saturated heterocycles. The number of nitrogen functional groups attached to an aromatic ring is 1. The highest BCUT2D eigenvalue weighted by Gasteiger charge is 2.15. The molecule has 4 heteroatoms. The van der Waals surface area contributed by atoms with Crippen molar-refractivity contribution in [2.45, 2.75) is 13.5 Å². The minimum atomic E-state index is -0.109. The number of para-hydroxylation sites is 1. The van der Waals surface area contributed by atoms with Gasteiger partial charge in [-0.3, -0.25) is 4.79 Å². The van der Waals surface area contributed by atoms with E-state index < -0.39 is 0 Å². The summed E-state index contributed by atoms with van der Waals surface area (Å²) < 4.78 is 5.45. The predicted octanol–water partition coefficient (Wildman–Crippen LogP) is 2.44. The normalized spacial score (nSPS) is 10.3. The number of hydrogen-bond donors (Lipinski definition) is 1. The van der Waals surface area contributed by atoms with Gasteiger partial charge < -0.3 is 15.1 Å². The Labute approximate surface area is 106 Å². The molecular formula is C14H16N2O2. The minimum absolute atomic E-state index is 0.109. The van der Waals surface area contributed by atoms with Gasteiger partial charge in [-0.15, -0.1) is 0 Å². The lowest BCUT2D eigenvalue weighted by atomic mass is 10.1. The number of hydrogen-bond acceptors (Lipinski definition) is 3. The van der Waals surface area contributed by atoms with E-state index in [4.69, 9.17) is 10.2 Å². The lowest BCUT2D eigenvalue weighted by molar-refractivity contribution is 0.0776. The summed E-state index contributed by atoms with van der Waals surface area (Å²) in [4.78, 5) is 13.8. The zero-order chi connectivity index (χ0) is 13.1. The summed E-state index contributed by atoms with van der Waals surface area (Å²) in [6.07, 6.45) is 0. The summed E-state index contributed by atoms with van der Waals surface area (Å²) in [5.74, 6) is 1.49. The monoisotopic (exact) mass is 244 g/mol. The van der Waals surface area contributed by atoms with Gasteiger partial charge in [-0.25, -0.2) is 0 Å². The molecule has 0 fully saturated rings. The van der Waals surface area contributed by atoms with Crippen LogP contribution in [0, 0.1) is 6.92 Å². The third-order valence-electron chi connectivity index (χ3n) is 2.73. The lowest BCUT2D eigenvalue weighted by Gasteiger charge is -2.16. The van der Waals surface area contributed by atoms with E-state index in [2.05, 4.69) is 0 Å². The van der Waals surface area contributed by atoms with Crippen molar-refractivity contribution in [2.24, 2.45) is 0 Å². The zero-order valence-electron chi connectivity index (χ0n) is 10.5. The van der Waals surface area contributed by atoms with E-state index in [1.807, 2.05) is 25.1 Å². The number of amides is 1. The number of nitrogens with two attached hydrogens (primary N) is 1. The second kappa shape index (κ2) is 4.96. The molecule has 0 aliphatic heterocycles. The van der Waals surface area contributed by atoms with Crippen molar-refractivity contribution in [1.29, 1.82) is 0 Å². The largest absolute Gasteiger partial charge is 0.464 e. The molecule has 0 unspecified atom stereocenters. The van der Waals surface area contributed by atoms with Gasteiger partial charge in [-0.2, -0.15) is 0 Å². The van der Waals surface area contributed by atoms with Crippen molar-refractivity contribution in [2.75, 3.05) is 12.8 Å². The molecule has 2 N–H and O–H groups in total. The Hall–Kier alpha value is -2.23. The molecule has 0 atom stereocenters. The maximum Gasteiger partial charge on any atom is 0.256 e. The van der Waals surface area contributed by atoms with Crippen LogP contribution >= 0.6 is 0 Å². The maximum atomic E-state index is 12.2. The lowest BCUT2D eigenvalue weighted by Crippen LogP contribution is -2.26. The molecule has 2 aromatic rings. The SMILES string of the molecule is Cc1ccc(CN(C)C(=O)c2ccccc2N)o1. The van der Waals surface area contributed by atoms with Gasteiger partial charge in [0.15, 0.2) is 0 Å². The molecule has 1 aromatic carbocycles. The summed E-state index contributed by atoms with van der Waals surface area (Å²) in [6, 6.07) is 10.8. The zero-order valence-corrected chi connectivity index (χ0v) is 10.5. The maximum absolute atomic E-state index is 12.2. The van der Waals surface area contributed by atoms with Gasteiger partial charge in [0.05, 0.1) is 12.1 Å². The molecule has 2 rings (SSSR count). The summed E-state index contributed by atoms with van der Waals surface area (Å²) in [7, 11) is 1.73. The van der Waals surface area contributed by atoms with Crippen molar-refractivity contribution in [3.05, 3.63) is 53.5 Å². The number of benzene rings is 1. The number of carbonyl (C=O) groups excluding carboxylic acids is 1. The minimum Gasteiger partial charge on any atom is -0.464 e. The van der Waals surface area contributed by atoms with E-state index in [0.717, 1.165) is 11.5 Å². The van der Waals surface area contributed by atoms with Crippen LogP contribution in [0.1, 0.15) is 21.9 Å². The fourth-order valence-corrected chi connectivity index (χ4v) is 1.77. The standard InChI is InChI=1S/C14H16N2O2/c1-10-7-8-11(18-10)9-16(2)14(17)12-5-3-4-6-13(12)15/h3-8H,9,15H2,1-2H3. The molecule has 0 radical (unpaired) electrons. The summed E-state index contributed by atoms with van der Waals surface area (Å²) in [5.41, 5.74) is 6.79.